The highest BCUT2D eigenvalue weighted by Gasteiger charge is 2.23. The van der Waals surface area contributed by atoms with Gasteiger partial charge in [0.15, 0.2) is 5.76 Å². The Balaban J connectivity index is 1.54. The molecule has 0 saturated carbocycles. The molecule has 2 aromatic rings. The molecule has 1 saturated heterocycles. The molecule has 0 aliphatic carbocycles. The summed E-state index contributed by atoms with van der Waals surface area (Å²) in [6.07, 6.45) is 3.50. The van der Waals surface area contributed by atoms with E-state index >= 15 is 0 Å². The zero-order valence-corrected chi connectivity index (χ0v) is 13.9. The molecule has 0 spiro atoms. The second-order valence-corrected chi connectivity index (χ2v) is 5.75. The van der Waals surface area contributed by atoms with E-state index in [2.05, 4.69) is 15.2 Å². The number of amides is 2. The lowest BCUT2D eigenvalue weighted by Crippen LogP contribution is -2.48. The first-order chi connectivity index (χ1) is 12.2. The normalized spacial score (nSPS) is 14.4. The van der Waals surface area contributed by atoms with Crippen LogP contribution in [-0.2, 0) is 4.79 Å². The van der Waals surface area contributed by atoms with E-state index in [1.54, 1.807) is 29.3 Å². The van der Waals surface area contributed by atoms with Crippen LogP contribution in [0.1, 0.15) is 17.0 Å². The highest BCUT2D eigenvalue weighted by Crippen LogP contribution is 2.18. The number of nitrogens with two attached hydrogens (primary N) is 1. The van der Waals surface area contributed by atoms with E-state index in [9.17, 15) is 9.59 Å². The van der Waals surface area contributed by atoms with Crippen molar-refractivity contribution >= 4 is 23.3 Å². The average molecular weight is 343 g/mol. The van der Waals surface area contributed by atoms with Crippen molar-refractivity contribution < 1.29 is 14.0 Å². The zero-order chi connectivity index (χ0) is 17.6. The smallest absolute Gasteiger partial charge is 0.289 e. The minimum absolute atomic E-state index is 0.0826. The summed E-state index contributed by atoms with van der Waals surface area (Å²) in [6.45, 7) is 2.98. The fraction of sp³-hybridized carbons (Fsp3) is 0.353. The van der Waals surface area contributed by atoms with Crippen LogP contribution in [0.5, 0.6) is 0 Å². The summed E-state index contributed by atoms with van der Waals surface area (Å²) < 4.78 is 5.17. The van der Waals surface area contributed by atoms with Gasteiger partial charge >= 0.3 is 0 Å². The van der Waals surface area contributed by atoms with Crippen molar-refractivity contribution in [1.82, 2.24) is 9.88 Å². The molecule has 3 heterocycles. The van der Waals surface area contributed by atoms with Gasteiger partial charge in [-0.25, -0.2) is 4.98 Å². The molecule has 0 bridgehead atoms. The second kappa shape index (κ2) is 7.80. The molecule has 8 heteroatoms. The van der Waals surface area contributed by atoms with Crippen molar-refractivity contribution in [1.29, 1.82) is 0 Å². The van der Waals surface area contributed by atoms with Gasteiger partial charge in [-0.05, 0) is 24.3 Å². The van der Waals surface area contributed by atoms with Crippen molar-refractivity contribution in [2.45, 2.75) is 6.42 Å². The fourth-order valence-corrected chi connectivity index (χ4v) is 2.71. The van der Waals surface area contributed by atoms with Gasteiger partial charge in [0.1, 0.15) is 5.82 Å². The van der Waals surface area contributed by atoms with E-state index in [0.717, 1.165) is 5.69 Å². The molecule has 3 rings (SSSR count). The van der Waals surface area contributed by atoms with Gasteiger partial charge in [0, 0.05) is 39.1 Å². The standard InChI is InChI=1S/C17H21N5O3/c18-6-5-16(23)20-15-4-3-13(12-19-15)21-7-9-22(10-8-21)17(24)14-2-1-11-25-14/h1-4,11-12H,5-10,18H2,(H,19,20,23). The van der Waals surface area contributed by atoms with Gasteiger partial charge in [-0.1, -0.05) is 0 Å². The molecule has 0 radical (unpaired) electrons. The lowest BCUT2D eigenvalue weighted by molar-refractivity contribution is -0.116. The Hall–Kier alpha value is -2.87. The third-order valence-corrected chi connectivity index (χ3v) is 4.05. The highest BCUT2D eigenvalue weighted by atomic mass is 16.3. The first-order valence-electron chi connectivity index (χ1n) is 8.21. The van der Waals surface area contributed by atoms with Gasteiger partial charge in [-0.3, -0.25) is 9.59 Å². The van der Waals surface area contributed by atoms with E-state index in [0.29, 0.717) is 44.3 Å². The van der Waals surface area contributed by atoms with Gasteiger partial charge in [0.05, 0.1) is 18.1 Å². The summed E-state index contributed by atoms with van der Waals surface area (Å²) in [4.78, 5) is 32.0. The molecule has 2 amide bonds. The molecule has 2 aromatic heterocycles. The minimum Gasteiger partial charge on any atom is -0.459 e. The number of aromatic nitrogens is 1. The van der Waals surface area contributed by atoms with Crippen LogP contribution in [0.25, 0.3) is 0 Å². The van der Waals surface area contributed by atoms with Gasteiger partial charge in [-0.15, -0.1) is 0 Å². The number of hydrogen-bond donors (Lipinski definition) is 2. The molecule has 132 valence electrons. The average Bonchev–Trinajstić information content (AvgIpc) is 3.17. The molecule has 0 unspecified atom stereocenters. The third kappa shape index (κ3) is 4.16. The summed E-state index contributed by atoms with van der Waals surface area (Å²) in [6, 6.07) is 7.07. The molecule has 0 atom stereocenters. The second-order valence-electron chi connectivity index (χ2n) is 5.75. The number of piperazine rings is 1. The number of carbonyl (C=O) groups excluding carboxylic acids is 2. The van der Waals surface area contributed by atoms with Crippen molar-refractivity contribution in [2.75, 3.05) is 42.9 Å². The Kier molecular flexibility index (Phi) is 5.30. The van der Waals surface area contributed by atoms with E-state index in [4.69, 9.17) is 10.2 Å². The molecule has 3 N–H and O–H groups in total. The van der Waals surface area contributed by atoms with Crippen LogP contribution < -0.4 is 16.0 Å². The van der Waals surface area contributed by atoms with Crippen molar-refractivity contribution in [3.05, 3.63) is 42.5 Å². The number of rotatable bonds is 5. The molecule has 25 heavy (non-hydrogen) atoms. The maximum absolute atomic E-state index is 12.3. The molecular formula is C17H21N5O3. The van der Waals surface area contributed by atoms with E-state index in [1.807, 2.05) is 6.07 Å². The van der Waals surface area contributed by atoms with Crippen LogP contribution in [0.4, 0.5) is 11.5 Å². The largest absolute Gasteiger partial charge is 0.459 e. The SMILES string of the molecule is NCCC(=O)Nc1ccc(N2CCN(C(=O)c3ccco3)CC2)cn1. The molecular weight excluding hydrogens is 322 g/mol. The van der Waals surface area contributed by atoms with Crippen LogP contribution in [0.15, 0.2) is 41.1 Å². The molecule has 1 aliphatic heterocycles. The van der Waals surface area contributed by atoms with Crippen molar-refractivity contribution in [3.8, 4) is 0 Å². The van der Waals surface area contributed by atoms with Crippen molar-refractivity contribution in [2.24, 2.45) is 5.73 Å². The molecule has 0 aromatic carbocycles. The summed E-state index contributed by atoms with van der Waals surface area (Å²) in [5.74, 6) is 0.648. The van der Waals surface area contributed by atoms with Crippen LogP contribution in [0.2, 0.25) is 0 Å². The molecule has 1 fully saturated rings. The highest BCUT2D eigenvalue weighted by molar-refractivity contribution is 5.91. The topological polar surface area (TPSA) is 105 Å². The van der Waals surface area contributed by atoms with Gasteiger partial charge in [0.2, 0.25) is 5.91 Å². The molecule has 8 nitrogen and oxygen atoms in total. The maximum atomic E-state index is 12.3. The van der Waals surface area contributed by atoms with Crippen LogP contribution in [0, 0.1) is 0 Å². The first kappa shape index (κ1) is 17.0. The van der Waals surface area contributed by atoms with Crippen LogP contribution >= 0.6 is 0 Å². The minimum atomic E-state index is -0.146. The fourth-order valence-electron chi connectivity index (χ4n) is 2.71. The Labute approximate surface area is 145 Å². The monoisotopic (exact) mass is 343 g/mol. The number of pyridine rings is 1. The van der Waals surface area contributed by atoms with E-state index in [-0.39, 0.29) is 18.2 Å². The summed E-state index contributed by atoms with van der Waals surface area (Å²) >= 11 is 0. The van der Waals surface area contributed by atoms with E-state index in [1.165, 1.54) is 6.26 Å². The Morgan fingerprint density at radius 1 is 1.20 bits per heavy atom. The number of anilines is 2. The Bertz CT molecular complexity index is 706. The van der Waals surface area contributed by atoms with Gasteiger partial charge < -0.3 is 25.3 Å². The number of carbonyl (C=O) groups is 2. The Morgan fingerprint density at radius 2 is 2.00 bits per heavy atom. The zero-order valence-electron chi connectivity index (χ0n) is 13.9. The Morgan fingerprint density at radius 3 is 2.60 bits per heavy atom. The predicted octanol–water partition coefficient (Wildman–Crippen LogP) is 0.924. The van der Waals surface area contributed by atoms with Crippen LogP contribution in [0.3, 0.4) is 0 Å². The summed E-state index contributed by atoms with van der Waals surface area (Å²) in [5.41, 5.74) is 6.31. The van der Waals surface area contributed by atoms with Crippen molar-refractivity contribution in [3.63, 3.8) is 0 Å². The predicted molar refractivity (Wildman–Crippen MR) is 93.4 cm³/mol. The number of nitrogens with one attached hydrogen (secondary N) is 1. The van der Waals surface area contributed by atoms with Gasteiger partial charge in [-0.2, -0.15) is 0 Å². The quantitative estimate of drug-likeness (QED) is 0.837. The molecule has 1 aliphatic rings. The summed E-state index contributed by atoms with van der Waals surface area (Å²) in [7, 11) is 0. The van der Waals surface area contributed by atoms with Crippen LogP contribution in [-0.4, -0.2) is 54.4 Å². The number of furan rings is 1. The summed E-state index contributed by atoms with van der Waals surface area (Å²) in [5, 5.41) is 2.70. The first-order valence-corrected chi connectivity index (χ1v) is 8.21. The lowest BCUT2D eigenvalue weighted by atomic mass is 10.2. The lowest BCUT2D eigenvalue weighted by Gasteiger charge is -2.35. The third-order valence-electron chi connectivity index (χ3n) is 4.05. The number of hydrogen-bond acceptors (Lipinski definition) is 6. The van der Waals surface area contributed by atoms with Gasteiger partial charge in [0.25, 0.3) is 5.91 Å². The van der Waals surface area contributed by atoms with E-state index < -0.39 is 0 Å². The maximum Gasteiger partial charge on any atom is 0.289 e. The number of nitrogens with zero attached hydrogens (tertiary/aromatic N) is 3.